The van der Waals surface area contributed by atoms with Crippen LogP contribution in [0.15, 0.2) is 54.6 Å². The Labute approximate surface area is 165 Å². The van der Waals surface area contributed by atoms with Gasteiger partial charge in [-0.3, -0.25) is 0 Å². The summed E-state index contributed by atoms with van der Waals surface area (Å²) in [6.07, 6.45) is -4.02. The van der Waals surface area contributed by atoms with Gasteiger partial charge in [-0.15, -0.1) is 0 Å². The molecule has 150 valence electrons. The minimum Gasteiger partial charge on any atom is -0.478 e. The summed E-state index contributed by atoms with van der Waals surface area (Å²) < 4.78 is 41.7. The number of hydrogen-bond donors (Lipinski definition) is 2. The van der Waals surface area contributed by atoms with E-state index in [4.69, 9.17) is 5.73 Å². The Hall–Kier alpha value is -3.22. The van der Waals surface area contributed by atoms with Crippen LogP contribution in [-0.2, 0) is 12.8 Å². The number of aromatic nitrogens is 1. The van der Waals surface area contributed by atoms with E-state index in [1.807, 2.05) is 16.7 Å². The van der Waals surface area contributed by atoms with Crippen molar-refractivity contribution in [2.24, 2.45) is 5.92 Å². The highest BCUT2D eigenvalue weighted by atomic mass is 19.4. The topological polar surface area (TPSA) is 68.2 Å². The third kappa shape index (κ3) is 3.60. The number of carboxylic acid groups (broad SMARTS) is 1. The third-order valence-corrected chi connectivity index (χ3v) is 5.41. The molecule has 7 heteroatoms. The average Bonchev–Trinajstić information content (AvgIpc) is 3.06. The van der Waals surface area contributed by atoms with Gasteiger partial charge in [0.15, 0.2) is 0 Å². The summed E-state index contributed by atoms with van der Waals surface area (Å²) in [5.41, 5.74) is 10.1. The second kappa shape index (κ2) is 6.99. The van der Waals surface area contributed by atoms with Crippen molar-refractivity contribution in [2.75, 3.05) is 5.73 Å². The van der Waals surface area contributed by atoms with Gasteiger partial charge in [0.2, 0.25) is 0 Å². The molecule has 0 fully saturated rings. The monoisotopic (exact) mass is 400 g/mol. The summed E-state index contributed by atoms with van der Waals surface area (Å²) in [7, 11) is 0. The first kappa shape index (κ1) is 19.1. The second-order valence-corrected chi connectivity index (χ2v) is 7.30. The number of aromatic carboxylic acids is 1. The van der Waals surface area contributed by atoms with E-state index in [1.54, 1.807) is 36.4 Å². The fourth-order valence-corrected chi connectivity index (χ4v) is 3.95. The molecule has 3 aromatic rings. The van der Waals surface area contributed by atoms with Crippen molar-refractivity contribution in [3.8, 4) is 16.9 Å². The van der Waals surface area contributed by atoms with Crippen LogP contribution in [0.3, 0.4) is 0 Å². The Morgan fingerprint density at radius 2 is 1.83 bits per heavy atom. The fourth-order valence-electron chi connectivity index (χ4n) is 3.95. The molecule has 0 saturated carbocycles. The van der Waals surface area contributed by atoms with Gasteiger partial charge in [0.05, 0.1) is 17.2 Å². The molecule has 1 aromatic heterocycles. The number of alkyl halides is 3. The fraction of sp³-hybridized carbons (Fsp3) is 0.227. The Balaban J connectivity index is 1.89. The zero-order valence-corrected chi connectivity index (χ0v) is 15.4. The molecule has 2 aromatic carbocycles. The highest BCUT2D eigenvalue weighted by Gasteiger charge is 2.42. The number of carbonyl (C=O) groups is 1. The molecule has 29 heavy (non-hydrogen) atoms. The molecule has 0 amide bonds. The lowest BCUT2D eigenvalue weighted by Gasteiger charge is -2.26. The van der Waals surface area contributed by atoms with E-state index in [1.165, 1.54) is 6.07 Å². The number of halogens is 3. The summed E-state index contributed by atoms with van der Waals surface area (Å²) in [4.78, 5) is 11.4. The van der Waals surface area contributed by atoms with Crippen LogP contribution in [0.4, 0.5) is 18.9 Å². The van der Waals surface area contributed by atoms with Crippen LogP contribution >= 0.6 is 0 Å². The first-order valence-electron chi connectivity index (χ1n) is 9.24. The molecule has 1 aliphatic rings. The van der Waals surface area contributed by atoms with Gasteiger partial charge in [0.1, 0.15) is 0 Å². The minimum absolute atomic E-state index is 0.0142. The number of nitrogens with two attached hydrogens (primary N) is 1. The quantitative estimate of drug-likeness (QED) is 0.602. The molecular weight excluding hydrogens is 381 g/mol. The molecule has 0 aliphatic heterocycles. The molecule has 1 heterocycles. The lowest BCUT2D eigenvalue weighted by molar-refractivity contribution is -0.177. The van der Waals surface area contributed by atoms with Gasteiger partial charge >= 0.3 is 12.1 Å². The van der Waals surface area contributed by atoms with Crippen molar-refractivity contribution >= 4 is 11.7 Å². The molecule has 3 N–H and O–H groups in total. The molecule has 0 bridgehead atoms. The van der Waals surface area contributed by atoms with E-state index in [9.17, 15) is 23.1 Å². The van der Waals surface area contributed by atoms with E-state index in [2.05, 4.69) is 0 Å². The van der Waals surface area contributed by atoms with Gasteiger partial charge in [-0.1, -0.05) is 18.2 Å². The standard InChI is InChI=1S/C22H19F3N2O2/c23-22(24,25)16-6-9-19-15(10-16)12-20(13-4-7-17(26)8-5-13)27(19)18-3-1-2-14(11-18)21(28)29/h1-5,7-8,11-12,16H,6,9-10,26H2,(H,28,29). The number of benzene rings is 2. The van der Waals surface area contributed by atoms with Crippen LogP contribution in [-0.4, -0.2) is 21.8 Å². The summed E-state index contributed by atoms with van der Waals surface area (Å²) in [5, 5.41) is 9.34. The summed E-state index contributed by atoms with van der Waals surface area (Å²) >= 11 is 0. The number of nitrogens with zero attached hydrogens (tertiary/aromatic N) is 1. The Morgan fingerprint density at radius 3 is 2.48 bits per heavy atom. The highest BCUT2D eigenvalue weighted by molar-refractivity contribution is 5.88. The maximum atomic E-state index is 13.3. The van der Waals surface area contributed by atoms with Crippen LogP contribution < -0.4 is 5.73 Å². The SMILES string of the molecule is Nc1ccc(-c2cc3c(n2-c2cccc(C(=O)O)c2)CCC(C(F)(F)F)C3)cc1. The maximum absolute atomic E-state index is 13.3. The van der Waals surface area contributed by atoms with Crippen LogP contribution in [0.1, 0.15) is 28.0 Å². The maximum Gasteiger partial charge on any atom is 0.392 e. The van der Waals surface area contributed by atoms with E-state index < -0.39 is 18.1 Å². The van der Waals surface area contributed by atoms with Crippen molar-refractivity contribution in [1.29, 1.82) is 0 Å². The van der Waals surface area contributed by atoms with Gasteiger partial charge in [-0.25, -0.2) is 4.79 Å². The average molecular weight is 400 g/mol. The molecule has 0 radical (unpaired) electrons. The molecule has 1 atom stereocenters. The number of hydrogen-bond acceptors (Lipinski definition) is 2. The zero-order valence-electron chi connectivity index (χ0n) is 15.4. The smallest absolute Gasteiger partial charge is 0.392 e. The molecule has 0 saturated heterocycles. The van der Waals surface area contributed by atoms with Crippen molar-refractivity contribution in [2.45, 2.75) is 25.4 Å². The first-order chi connectivity index (χ1) is 13.7. The van der Waals surface area contributed by atoms with E-state index >= 15 is 0 Å². The Kier molecular flexibility index (Phi) is 4.61. The molecule has 1 aliphatic carbocycles. The lowest BCUT2D eigenvalue weighted by Crippen LogP contribution is -2.29. The van der Waals surface area contributed by atoms with Gasteiger partial charge in [0, 0.05) is 17.1 Å². The van der Waals surface area contributed by atoms with Gasteiger partial charge in [-0.05, 0) is 66.8 Å². The third-order valence-electron chi connectivity index (χ3n) is 5.41. The second-order valence-electron chi connectivity index (χ2n) is 7.30. The minimum atomic E-state index is -4.23. The Morgan fingerprint density at radius 1 is 1.10 bits per heavy atom. The first-order valence-corrected chi connectivity index (χ1v) is 9.24. The number of rotatable bonds is 3. The van der Waals surface area contributed by atoms with Crippen molar-refractivity contribution in [3.63, 3.8) is 0 Å². The Bertz CT molecular complexity index is 1070. The van der Waals surface area contributed by atoms with E-state index in [0.717, 1.165) is 17.0 Å². The normalized spacial score (nSPS) is 16.4. The zero-order chi connectivity index (χ0) is 20.8. The van der Waals surface area contributed by atoms with Gasteiger partial charge in [-0.2, -0.15) is 13.2 Å². The molecular formula is C22H19F3N2O2. The molecule has 0 spiro atoms. The van der Waals surface area contributed by atoms with Crippen LogP contribution in [0.2, 0.25) is 0 Å². The van der Waals surface area contributed by atoms with Crippen molar-refractivity contribution < 1.29 is 23.1 Å². The van der Waals surface area contributed by atoms with Crippen molar-refractivity contribution in [3.05, 3.63) is 71.4 Å². The summed E-state index contributed by atoms with van der Waals surface area (Å²) in [6.45, 7) is 0. The lowest BCUT2D eigenvalue weighted by atomic mass is 9.87. The largest absolute Gasteiger partial charge is 0.478 e. The number of anilines is 1. The molecule has 1 unspecified atom stereocenters. The van der Waals surface area contributed by atoms with Gasteiger partial charge in [0.25, 0.3) is 0 Å². The molecule has 4 nitrogen and oxygen atoms in total. The number of nitrogen functional groups attached to an aromatic ring is 1. The summed E-state index contributed by atoms with van der Waals surface area (Å²) in [6, 6.07) is 15.3. The summed E-state index contributed by atoms with van der Waals surface area (Å²) in [5.74, 6) is -2.42. The predicted octanol–water partition coefficient (Wildman–Crippen LogP) is 5.09. The number of carboxylic acids is 1. The predicted molar refractivity (Wildman–Crippen MR) is 104 cm³/mol. The number of fused-ring (bicyclic) bond motifs is 1. The van der Waals surface area contributed by atoms with Crippen LogP contribution in [0, 0.1) is 5.92 Å². The highest BCUT2D eigenvalue weighted by Crippen LogP contribution is 2.41. The molecule has 4 rings (SSSR count). The van der Waals surface area contributed by atoms with E-state index in [-0.39, 0.29) is 24.8 Å². The van der Waals surface area contributed by atoms with E-state index in [0.29, 0.717) is 16.9 Å². The van der Waals surface area contributed by atoms with Crippen LogP contribution in [0.5, 0.6) is 0 Å². The van der Waals surface area contributed by atoms with Crippen LogP contribution in [0.25, 0.3) is 16.9 Å². The van der Waals surface area contributed by atoms with Gasteiger partial charge < -0.3 is 15.4 Å². The van der Waals surface area contributed by atoms with Crippen molar-refractivity contribution in [1.82, 2.24) is 4.57 Å².